The van der Waals surface area contributed by atoms with Crippen LogP contribution in [0.1, 0.15) is 6.92 Å². The van der Waals surface area contributed by atoms with Gasteiger partial charge in [0.1, 0.15) is 0 Å². The van der Waals surface area contributed by atoms with Gasteiger partial charge in [-0.05, 0) is 0 Å². The Morgan fingerprint density at radius 3 is 1.67 bits per heavy atom. The molecule has 0 aliphatic carbocycles. The first-order valence-corrected chi connectivity index (χ1v) is 1.23. The van der Waals surface area contributed by atoms with Crippen LogP contribution < -0.4 is 11.7 Å². The van der Waals surface area contributed by atoms with Crippen LogP contribution in [0.4, 0.5) is 4.39 Å². The maximum atomic E-state index is 10.4. The highest BCUT2D eigenvalue weighted by atomic mass is 19.1. The van der Waals surface area contributed by atoms with Crippen LogP contribution in [0.3, 0.4) is 0 Å². The topological polar surface area (TPSA) is 69.1 Å². The molecule has 4 heteroatoms. The highest BCUT2D eigenvalue weighted by Gasteiger charge is 1.69. The zero-order valence-electron chi connectivity index (χ0n) is 3.44. The molecule has 0 amide bonds. The Bertz CT molecular complexity index is 34.5. The number of nitrogens with two attached hydrogens (primary N) is 2. The predicted octanol–water partition coefficient (Wildman–Crippen LogP) is -0.679. The van der Waals surface area contributed by atoms with Crippen LogP contribution in [0.15, 0.2) is 0 Å². The van der Waals surface area contributed by atoms with Gasteiger partial charge in [0, 0.05) is 6.92 Å². The van der Waals surface area contributed by atoms with E-state index in [1.165, 1.54) is 0 Å². The fourth-order valence-corrected chi connectivity index (χ4v) is 0. The average molecular weight is 94.1 g/mol. The van der Waals surface area contributed by atoms with Crippen molar-refractivity contribution in [3.8, 4) is 0 Å². The van der Waals surface area contributed by atoms with E-state index in [0.717, 1.165) is 6.92 Å². The molecule has 0 radical (unpaired) electrons. The van der Waals surface area contributed by atoms with Gasteiger partial charge in [0.2, 0.25) is 0 Å². The van der Waals surface area contributed by atoms with Crippen LogP contribution >= 0.6 is 0 Å². The fraction of sp³-hybridized carbons (Fsp3) is 0.500. The lowest BCUT2D eigenvalue weighted by molar-refractivity contribution is -0.126. The molecule has 6 heavy (non-hydrogen) atoms. The molecule has 0 bridgehead atoms. The number of carbonyl (C=O) groups excluding carboxylic acids is 1. The summed E-state index contributed by atoms with van der Waals surface area (Å²) in [6, 6.07) is -1.33. The summed E-state index contributed by atoms with van der Waals surface area (Å²) < 4.78 is 10.4. The molecule has 0 saturated carbocycles. The zero-order valence-corrected chi connectivity index (χ0v) is 3.44. The molecule has 0 unspecified atom stereocenters. The highest BCUT2D eigenvalue weighted by molar-refractivity contribution is 5.64. The minimum atomic E-state index is -1.33. The summed E-state index contributed by atoms with van der Waals surface area (Å²) in [6.07, 6.45) is 0. The fourth-order valence-electron chi connectivity index (χ4n) is 0. The lowest BCUT2D eigenvalue weighted by Gasteiger charge is -1.50. The van der Waals surface area contributed by atoms with Crippen LogP contribution in [-0.2, 0) is 4.79 Å². The highest BCUT2D eigenvalue weighted by Crippen LogP contribution is 1.58. The summed E-state index contributed by atoms with van der Waals surface area (Å²) in [4.78, 5) is 8.78. The monoisotopic (exact) mass is 94.1 g/mol. The Hall–Kier alpha value is -0.480. The number of hydrazine groups is 1. The Morgan fingerprint density at radius 2 is 1.67 bits per heavy atom. The number of hydrogen-bond donors (Lipinski definition) is 2. The number of halogens is 1. The molecular formula is C2H7FN2O. The molecular weight excluding hydrogens is 87.0 g/mol. The lowest BCUT2D eigenvalue weighted by Crippen LogP contribution is -2.02. The van der Waals surface area contributed by atoms with E-state index in [4.69, 9.17) is 4.79 Å². The second-order valence-corrected chi connectivity index (χ2v) is 0.470. The molecule has 0 aromatic rings. The van der Waals surface area contributed by atoms with Crippen molar-refractivity contribution in [3.63, 3.8) is 0 Å². The summed E-state index contributed by atoms with van der Waals surface area (Å²) in [6.45, 7) is 0.861. The van der Waals surface area contributed by atoms with E-state index in [-0.39, 0.29) is 0 Å². The second-order valence-electron chi connectivity index (χ2n) is 0.470. The quantitative estimate of drug-likeness (QED) is 0.237. The summed E-state index contributed by atoms with van der Waals surface area (Å²) in [5.74, 6) is 8.00. The predicted molar refractivity (Wildman–Crippen MR) is 20.2 cm³/mol. The van der Waals surface area contributed by atoms with Crippen LogP contribution in [0.25, 0.3) is 0 Å². The van der Waals surface area contributed by atoms with Crippen LogP contribution in [0.2, 0.25) is 0 Å². The van der Waals surface area contributed by atoms with Crippen LogP contribution in [0, 0.1) is 0 Å². The second kappa shape index (κ2) is 8.82. The molecule has 0 aliphatic rings. The van der Waals surface area contributed by atoms with Gasteiger partial charge in [0.25, 0.3) is 6.04 Å². The minimum absolute atomic E-state index is 0.861. The molecule has 4 N–H and O–H groups in total. The molecule has 38 valence electrons. The summed E-state index contributed by atoms with van der Waals surface area (Å²) in [7, 11) is 0. The first kappa shape index (κ1) is 9.10. The van der Waals surface area contributed by atoms with Gasteiger partial charge in [0.05, 0.1) is 0 Å². The van der Waals surface area contributed by atoms with Gasteiger partial charge in [0.15, 0.2) is 0 Å². The molecule has 0 atom stereocenters. The first-order valence-electron chi connectivity index (χ1n) is 1.23. The Labute approximate surface area is 35.1 Å². The molecule has 0 heterocycles. The van der Waals surface area contributed by atoms with Crippen molar-refractivity contribution in [1.82, 2.24) is 0 Å². The van der Waals surface area contributed by atoms with Crippen molar-refractivity contribution >= 4 is 6.04 Å². The van der Waals surface area contributed by atoms with Gasteiger partial charge in [-0.2, -0.15) is 4.39 Å². The third-order valence-corrected chi connectivity index (χ3v) is 0. The van der Waals surface area contributed by atoms with E-state index in [1.807, 2.05) is 0 Å². The minimum Gasteiger partial charge on any atom is -0.274 e. The number of hydrogen-bond acceptors (Lipinski definition) is 3. The standard InChI is InChI=1S/C2H3FO.H4N2/c1-2(3)4;1-2/h1H3;1-2H2. The van der Waals surface area contributed by atoms with E-state index in [9.17, 15) is 4.39 Å². The average Bonchev–Trinajstić information content (AvgIpc) is 1.41. The van der Waals surface area contributed by atoms with Crippen molar-refractivity contribution < 1.29 is 9.18 Å². The van der Waals surface area contributed by atoms with Crippen molar-refractivity contribution in [3.05, 3.63) is 0 Å². The maximum absolute atomic E-state index is 10.4. The van der Waals surface area contributed by atoms with E-state index in [2.05, 4.69) is 11.7 Å². The van der Waals surface area contributed by atoms with Crippen molar-refractivity contribution in [1.29, 1.82) is 0 Å². The Balaban J connectivity index is 0. The molecule has 0 fully saturated rings. The third-order valence-electron chi connectivity index (χ3n) is 0. The smallest absolute Gasteiger partial charge is 0.274 e. The summed E-state index contributed by atoms with van der Waals surface area (Å²) >= 11 is 0. The van der Waals surface area contributed by atoms with Crippen molar-refractivity contribution in [2.45, 2.75) is 6.92 Å². The third kappa shape index (κ3) is 97.0. The van der Waals surface area contributed by atoms with Gasteiger partial charge in [-0.1, -0.05) is 0 Å². The summed E-state index contributed by atoms with van der Waals surface area (Å²) in [5.41, 5.74) is 0. The normalized spacial score (nSPS) is 5.33. The van der Waals surface area contributed by atoms with Gasteiger partial charge >= 0.3 is 0 Å². The Morgan fingerprint density at radius 1 is 1.67 bits per heavy atom. The van der Waals surface area contributed by atoms with E-state index in [0.29, 0.717) is 0 Å². The molecule has 3 nitrogen and oxygen atoms in total. The Kier molecular flexibility index (Phi) is 13.4. The van der Waals surface area contributed by atoms with Gasteiger partial charge in [-0.15, -0.1) is 0 Å². The summed E-state index contributed by atoms with van der Waals surface area (Å²) in [5, 5.41) is 0. The molecule has 0 rings (SSSR count). The molecule has 0 aliphatic heterocycles. The van der Waals surface area contributed by atoms with Crippen LogP contribution in [0.5, 0.6) is 0 Å². The van der Waals surface area contributed by atoms with Gasteiger partial charge in [-0.3, -0.25) is 16.5 Å². The molecule has 0 aromatic heterocycles. The van der Waals surface area contributed by atoms with Gasteiger partial charge < -0.3 is 0 Å². The largest absolute Gasteiger partial charge is 0.298 e. The number of rotatable bonds is 0. The van der Waals surface area contributed by atoms with Crippen LogP contribution in [-0.4, -0.2) is 6.04 Å². The van der Waals surface area contributed by atoms with E-state index in [1.54, 1.807) is 0 Å². The van der Waals surface area contributed by atoms with Crippen molar-refractivity contribution in [2.24, 2.45) is 11.7 Å². The number of carbonyl (C=O) groups is 1. The lowest BCUT2D eigenvalue weighted by atomic mass is 10.9. The molecule has 0 aromatic carbocycles. The van der Waals surface area contributed by atoms with E-state index < -0.39 is 6.04 Å². The first-order chi connectivity index (χ1) is 2.73. The van der Waals surface area contributed by atoms with E-state index >= 15 is 0 Å². The van der Waals surface area contributed by atoms with Gasteiger partial charge in [-0.25, -0.2) is 0 Å². The molecule has 0 spiro atoms. The zero-order chi connectivity index (χ0) is 5.58. The molecule has 0 saturated heterocycles. The van der Waals surface area contributed by atoms with Crippen molar-refractivity contribution in [2.75, 3.05) is 0 Å². The SMILES string of the molecule is CC(=O)F.NN. The maximum Gasteiger partial charge on any atom is 0.298 e.